The Balaban J connectivity index is 0.905. The summed E-state index contributed by atoms with van der Waals surface area (Å²) in [4.78, 5) is 20.7. The lowest BCUT2D eigenvalue weighted by Gasteiger charge is -2.44. The van der Waals surface area contributed by atoms with Crippen molar-refractivity contribution in [2.45, 2.75) is 26.2 Å². The molecule has 0 bridgehead atoms. The predicted octanol–water partition coefficient (Wildman–Crippen LogP) is 21.6. The normalized spacial score (nSPS) is 12.3. The van der Waals surface area contributed by atoms with Crippen LogP contribution >= 0.6 is 0 Å². The Morgan fingerprint density at radius 2 is 0.680 bits per heavy atom. The van der Waals surface area contributed by atoms with Gasteiger partial charge in [-0.25, -0.2) is 15.0 Å². The Hall–Kier alpha value is -13.0. The van der Waals surface area contributed by atoms with Gasteiger partial charge in [-0.05, 0) is 174 Å². The summed E-state index contributed by atoms with van der Waals surface area (Å²) in [5.74, 6) is 1.55. The van der Waals surface area contributed by atoms with Gasteiger partial charge in [-0.3, -0.25) is 0 Å². The molecular formula is C92H64BN7. The van der Waals surface area contributed by atoms with E-state index in [2.05, 4.69) is 302 Å². The van der Waals surface area contributed by atoms with Crippen molar-refractivity contribution in [3.8, 4) is 102 Å². The fraction of sp³-hybridized carbons (Fsp3) is 0.0435. The van der Waals surface area contributed by atoms with Crippen LogP contribution in [0.25, 0.3) is 117 Å². The number of nitrogens with zero attached hydrogens (tertiary/aromatic N) is 7. The molecule has 0 amide bonds. The zero-order valence-corrected chi connectivity index (χ0v) is 55.5. The molecule has 7 nitrogen and oxygen atoms in total. The molecule has 0 aliphatic carbocycles. The third-order valence-electron chi connectivity index (χ3n) is 20.0. The van der Waals surface area contributed by atoms with Crippen molar-refractivity contribution in [2.24, 2.45) is 0 Å². The van der Waals surface area contributed by atoms with Crippen LogP contribution in [0, 0.1) is 11.3 Å². The summed E-state index contributed by atoms with van der Waals surface area (Å²) in [7, 11) is 0. The lowest BCUT2D eigenvalue weighted by Crippen LogP contribution is -2.61. The van der Waals surface area contributed by atoms with Gasteiger partial charge in [0.25, 0.3) is 6.71 Å². The maximum absolute atomic E-state index is 10.7. The number of aromatic nitrogens is 4. The first-order valence-electron chi connectivity index (χ1n) is 34.1. The summed E-state index contributed by atoms with van der Waals surface area (Å²) in [5, 5.41) is 12.9. The number of anilines is 6. The number of hydrogen-bond acceptors (Lipinski definition) is 6. The van der Waals surface area contributed by atoms with E-state index in [1.807, 2.05) is 72.8 Å². The Labute approximate surface area is 582 Å². The van der Waals surface area contributed by atoms with Gasteiger partial charge >= 0.3 is 0 Å². The summed E-state index contributed by atoms with van der Waals surface area (Å²) in [6.07, 6.45) is 0. The van der Waals surface area contributed by atoms with Crippen LogP contribution in [0.5, 0.6) is 0 Å². The molecule has 8 heteroatoms. The molecule has 0 fully saturated rings. The second kappa shape index (κ2) is 24.3. The molecule has 4 heterocycles. The maximum Gasteiger partial charge on any atom is 0.252 e. The molecule has 0 spiro atoms. The van der Waals surface area contributed by atoms with Gasteiger partial charge in [0.15, 0.2) is 17.5 Å². The van der Waals surface area contributed by atoms with Gasteiger partial charge in [0.1, 0.15) is 0 Å². The first kappa shape index (κ1) is 59.5. The van der Waals surface area contributed by atoms with E-state index in [1.165, 1.54) is 33.1 Å². The topological polar surface area (TPSA) is 73.9 Å². The van der Waals surface area contributed by atoms with Crippen LogP contribution in [0.2, 0.25) is 0 Å². The lowest BCUT2D eigenvalue weighted by molar-refractivity contribution is 0.591. The summed E-state index contributed by atoms with van der Waals surface area (Å²) >= 11 is 0. The van der Waals surface area contributed by atoms with Crippen molar-refractivity contribution >= 4 is 79.0 Å². The van der Waals surface area contributed by atoms with Crippen LogP contribution in [-0.2, 0) is 5.41 Å². The lowest BCUT2D eigenvalue weighted by atomic mass is 9.33. The molecule has 2 aliphatic heterocycles. The van der Waals surface area contributed by atoms with E-state index in [-0.39, 0.29) is 12.1 Å². The Kier molecular flexibility index (Phi) is 14.5. The molecule has 14 aromatic carbocycles. The van der Waals surface area contributed by atoms with Gasteiger partial charge in [0.05, 0.1) is 28.4 Å². The molecule has 2 aromatic heterocycles. The van der Waals surface area contributed by atoms with E-state index >= 15 is 0 Å². The monoisotopic (exact) mass is 1280 g/mol. The molecule has 0 saturated carbocycles. The molecular weight excluding hydrogens is 1210 g/mol. The molecule has 18 rings (SSSR count). The van der Waals surface area contributed by atoms with Crippen molar-refractivity contribution in [3.63, 3.8) is 0 Å². The van der Waals surface area contributed by atoms with Crippen molar-refractivity contribution in [2.75, 3.05) is 9.80 Å². The van der Waals surface area contributed by atoms with E-state index in [0.29, 0.717) is 28.6 Å². The minimum atomic E-state index is -0.164. The zero-order chi connectivity index (χ0) is 67.0. The highest BCUT2D eigenvalue weighted by Crippen LogP contribution is 2.49. The average Bonchev–Trinajstić information content (AvgIpc) is 0.742. The standard InChI is InChI=1S/C92H64BN7/c1-92(2,3)73-42-51-82-77(58-73)76-53-69(41-50-81(76)100(82)83-49-34-60(59-94)52-78(83)91-96-89(67-30-18-8-19-31-67)95-90(97-91)68-32-20-9-21-33-68)72-56-86-88-87(57-72)99(75-45-37-66(38-46-75)62-24-12-5-13-25-62)85-55-71(64-28-16-7-17-29-64)40-48-80(85)93(88)79-47-39-70(63-26-14-6-15-27-63)54-84(79)98(86)74-43-35-65(36-44-74)61-22-10-4-11-23-61/h4-58H,1-3H3. The first-order chi connectivity index (χ1) is 49.1. The number of fused-ring (bicyclic) bond motifs is 7. The van der Waals surface area contributed by atoms with Gasteiger partial charge in [-0.15, -0.1) is 0 Å². The van der Waals surface area contributed by atoms with Crippen LogP contribution in [0.3, 0.4) is 0 Å². The highest BCUT2D eigenvalue weighted by molar-refractivity contribution is 7.00. The van der Waals surface area contributed by atoms with Crippen LogP contribution < -0.4 is 26.2 Å². The second-order valence-electron chi connectivity index (χ2n) is 27.1. The summed E-state index contributed by atoms with van der Waals surface area (Å²) in [5.41, 5.74) is 28.5. The van der Waals surface area contributed by atoms with Crippen LogP contribution in [0.4, 0.5) is 34.1 Å². The van der Waals surface area contributed by atoms with Crippen molar-refractivity contribution < 1.29 is 0 Å². The first-order valence-corrected chi connectivity index (χ1v) is 34.1. The van der Waals surface area contributed by atoms with Crippen molar-refractivity contribution in [3.05, 3.63) is 345 Å². The fourth-order valence-corrected chi connectivity index (χ4v) is 15.0. The van der Waals surface area contributed by atoms with E-state index < -0.39 is 0 Å². The highest BCUT2D eigenvalue weighted by Gasteiger charge is 2.44. The van der Waals surface area contributed by atoms with Gasteiger partial charge in [-0.1, -0.05) is 263 Å². The quantitative estimate of drug-likeness (QED) is 0.120. The number of hydrogen-bond donors (Lipinski definition) is 0. The molecule has 100 heavy (non-hydrogen) atoms. The molecule has 0 unspecified atom stereocenters. The number of benzene rings is 14. The largest absolute Gasteiger partial charge is 0.311 e. The van der Waals surface area contributed by atoms with E-state index in [1.54, 1.807) is 0 Å². The Morgan fingerprint density at radius 1 is 0.310 bits per heavy atom. The molecule has 0 saturated heterocycles. The van der Waals surface area contributed by atoms with Crippen LogP contribution in [-0.4, -0.2) is 26.2 Å². The van der Waals surface area contributed by atoms with E-state index in [0.717, 1.165) is 117 Å². The van der Waals surface area contributed by atoms with Crippen molar-refractivity contribution in [1.29, 1.82) is 5.26 Å². The van der Waals surface area contributed by atoms with Crippen LogP contribution in [0.1, 0.15) is 31.9 Å². The Morgan fingerprint density at radius 3 is 1.13 bits per heavy atom. The smallest absolute Gasteiger partial charge is 0.252 e. The van der Waals surface area contributed by atoms with Gasteiger partial charge in [0.2, 0.25) is 0 Å². The summed E-state index contributed by atoms with van der Waals surface area (Å²) in [6.45, 7) is 6.70. The molecule has 16 aromatic rings. The van der Waals surface area contributed by atoms with Gasteiger partial charge < -0.3 is 14.4 Å². The predicted molar refractivity (Wildman–Crippen MR) is 415 cm³/mol. The van der Waals surface area contributed by atoms with Crippen LogP contribution in [0.15, 0.2) is 334 Å². The van der Waals surface area contributed by atoms with Gasteiger partial charge in [-0.2, -0.15) is 5.26 Å². The third-order valence-corrected chi connectivity index (χ3v) is 20.0. The summed E-state index contributed by atoms with van der Waals surface area (Å²) < 4.78 is 2.34. The molecule has 0 N–H and O–H groups in total. The molecule has 2 aliphatic rings. The maximum atomic E-state index is 10.7. The van der Waals surface area contributed by atoms with Gasteiger partial charge in [0, 0.05) is 61.6 Å². The third kappa shape index (κ3) is 10.4. The van der Waals surface area contributed by atoms with E-state index in [4.69, 9.17) is 15.0 Å². The summed E-state index contributed by atoms with van der Waals surface area (Å²) in [6, 6.07) is 123. The zero-order valence-electron chi connectivity index (χ0n) is 55.5. The SMILES string of the molecule is CC(C)(C)c1ccc2c(c1)c1cc(-c3cc4c5c(c3)N(c3ccc(-c6ccccc6)cc3)c3cc(-c6ccccc6)ccc3B5c3ccc(-c5ccccc5)cc3N4c3ccc(-c4ccccc4)cc3)ccc1n2-c1ccc(C#N)cc1-c1nc(-c2ccccc2)nc(-c2ccccc2)n1. The second-order valence-corrected chi connectivity index (χ2v) is 27.1. The number of rotatable bonds is 11. The Bertz CT molecular complexity index is 5610. The van der Waals surface area contributed by atoms with E-state index in [9.17, 15) is 5.26 Å². The molecule has 470 valence electrons. The number of nitriles is 1. The minimum Gasteiger partial charge on any atom is -0.311 e. The fourth-order valence-electron chi connectivity index (χ4n) is 15.0. The highest BCUT2D eigenvalue weighted by atomic mass is 15.2. The minimum absolute atomic E-state index is 0.145. The molecule has 0 atom stereocenters. The van der Waals surface area contributed by atoms with Crippen molar-refractivity contribution in [1.82, 2.24) is 19.5 Å². The average molecular weight is 1280 g/mol. The molecule has 0 radical (unpaired) electrons.